The number of amides is 2. The molecule has 2 aromatic rings. The van der Waals surface area contributed by atoms with Crippen LogP contribution in [0.15, 0.2) is 17.5 Å². The van der Waals surface area contributed by atoms with E-state index in [2.05, 4.69) is 34.8 Å². The molecule has 1 unspecified atom stereocenters. The quantitative estimate of drug-likeness (QED) is 0.828. The van der Waals surface area contributed by atoms with Crippen molar-refractivity contribution >= 4 is 23.2 Å². The second-order valence-corrected chi connectivity index (χ2v) is 7.39. The third-order valence-corrected chi connectivity index (χ3v) is 4.82. The van der Waals surface area contributed by atoms with E-state index in [0.29, 0.717) is 19.0 Å². The maximum Gasteiger partial charge on any atom is 0.274 e. The van der Waals surface area contributed by atoms with Crippen molar-refractivity contribution in [2.24, 2.45) is 5.92 Å². The van der Waals surface area contributed by atoms with E-state index in [1.807, 2.05) is 17.5 Å². The molecule has 7 nitrogen and oxygen atoms in total. The molecule has 0 spiro atoms. The van der Waals surface area contributed by atoms with Gasteiger partial charge in [-0.2, -0.15) is 0 Å². The van der Waals surface area contributed by atoms with E-state index in [9.17, 15) is 9.59 Å². The van der Waals surface area contributed by atoms with Crippen LogP contribution < -0.4 is 10.6 Å². The lowest BCUT2D eigenvalue weighted by atomic mass is 10.0. The van der Waals surface area contributed by atoms with Crippen LogP contribution in [-0.4, -0.2) is 39.4 Å². The number of carbonyl (C=O) groups is 2. The summed E-state index contributed by atoms with van der Waals surface area (Å²) in [6.07, 6.45) is 1.63. The molecule has 8 heteroatoms. The molecule has 1 aliphatic heterocycles. The zero-order valence-corrected chi connectivity index (χ0v) is 14.6. The molecule has 1 atom stereocenters. The lowest BCUT2D eigenvalue weighted by Crippen LogP contribution is -2.46. The number of nitrogens with one attached hydrogen (secondary N) is 2. The summed E-state index contributed by atoms with van der Waals surface area (Å²) >= 11 is 1.65. The highest BCUT2D eigenvalue weighted by molar-refractivity contribution is 7.09. The summed E-state index contributed by atoms with van der Waals surface area (Å²) in [6.45, 7) is 5.27. The lowest BCUT2D eigenvalue weighted by molar-refractivity contribution is 0.0870. The Morgan fingerprint density at radius 3 is 3.08 bits per heavy atom. The third-order valence-electron chi connectivity index (χ3n) is 3.89. The van der Waals surface area contributed by atoms with Crippen molar-refractivity contribution in [3.63, 3.8) is 0 Å². The second-order valence-electron chi connectivity index (χ2n) is 6.35. The van der Waals surface area contributed by atoms with Gasteiger partial charge in [0, 0.05) is 17.5 Å². The van der Waals surface area contributed by atoms with Crippen LogP contribution in [0.25, 0.3) is 0 Å². The molecular formula is C16H21N5O2S. The predicted molar refractivity (Wildman–Crippen MR) is 91.1 cm³/mol. The summed E-state index contributed by atoms with van der Waals surface area (Å²) in [7, 11) is 0. The number of rotatable bonds is 6. The fraction of sp³-hybridized carbons (Fsp3) is 0.500. The molecule has 2 aromatic heterocycles. The Morgan fingerprint density at radius 2 is 2.38 bits per heavy atom. The van der Waals surface area contributed by atoms with E-state index in [4.69, 9.17) is 0 Å². The lowest BCUT2D eigenvalue weighted by Gasteiger charge is -2.25. The summed E-state index contributed by atoms with van der Waals surface area (Å²) in [5.74, 6) is -0.161. The number of carbonyl (C=O) groups excluding carboxylic acids is 2. The molecule has 0 aliphatic carbocycles. The average molecular weight is 347 g/mol. The smallest absolute Gasteiger partial charge is 0.274 e. The van der Waals surface area contributed by atoms with Gasteiger partial charge in [0.15, 0.2) is 11.4 Å². The first-order chi connectivity index (χ1) is 11.5. The minimum Gasteiger partial charge on any atom is -0.350 e. The molecule has 2 amide bonds. The van der Waals surface area contributed by atoms with Gasteiger partial charge in [-0.05, 0) is 30.2 Å². The molecule has 0 saturated carbocycles. The number of thiophene rings is 1. The number of fused-ring (bicyclic) bond motifs is 1. The average Bonchev–Trinajstić information content (AvgIpc) is 3.15. The highest BCUT2D eigenvalue weighted by Gasteiger charge is 2.32. The third kappa shape index (κ3) is 3.64. The van der Waals surface area contributed by atoms with Gasteiger partial charge in [0.2, 0.25) is 0 Å². The molecule has 128 valence electrons. The van der Waals surface area contributed by atoms with Gasteiger partial charge < -0.3 is 10.6 Å². The van der Waals surface area contributed by atoms with E-state index < -0.39 is 0 Å². The summed E-state index contributed by atoms with van der Waals surface area (Å²) < 4.78 is 1.54. The van der Waals surface area contributed by atoms with Gasteiger partial charge in [0.05, 0.1) is 6.54 Å². The maximum absolute atomic E-state index is 12.3. The van der Waals surface area contributed by atoms with Crippen LogP contribution in [0.2, 0.25) is 0 Å². The van der Waals surface area contributed by atoms with Crippen LogP contribution in [-0.2, 0) is 13.0 Å². The van der Waals surface area contributed by atoms with Crippen LogP contribution in [0, 0.1) is 5.92 Å². The summed E-state index contributed by atoms with van der Waals surface area (Å²) in [5.41, 5.74) is 0.352. The fourth-order valence-corrected chi connectivity index (χ4v) is 3.58. The zero-order chi connectivity index (χ0) is 17.1. The van der Waals surface area contributed by atoms with Crippen molar-refractivity contribution < 1.29 is 9.59 Å². The summed E-state index contributed by atoms with van der Waals surface area (Å²) in [4.78, 5) is 25.8. The Kier molecular flexibility index (Phi) is 4.94. The summed E-state index contributed by atoms with van der Waals surface area (Å²) in [5, 5.41) is 15.7. The molecule has 0 bridgehead atoms. The molecule has 3 heterocycles. The Bertz CT molecular complexity index is 723. The number of nitrogens with zero attached hydrogens (tertiary/aromatic N) is 3. The highest BCUT2D eigenvalue weighted by Crippen LogP contribution is 2.16. The number of hydrogen-bond donors (Lipinski definition) is 2. The molecule has 24 heavy (non-hydrogen) atoms. The standard InChI is InChI=1S/C16H21N5O2S/c1-10(2)8-11-9-21-14(16(23)18-11)13(19-20-21)15(22)17-6-5-12-4-3-7-24-12/h3-4,7,10-11H,5-6,8-9H2,1-2H3,(H,17,22)(H,18,23). The van der Waals surface area contributed by atoms with E-state index in [0.717, 1.165) is 12.8 Å². The molecule has 0 aromatic carbocycles. The van der Waals surface area contributed by atoms with Gasteiger partial charge in [-0.1, -0.05) is 25.1 Å². The van der Waals surface area contributed by atoms with E-state index >= 15 is 0 Å². The van der Waals surface area contributed by atoms with Gasteiger partial charge in [-0.15, -0.1) is 16.4 Å². The first-order valence-corrected chi connectivity index (χ1v) is 8.97. The van der Waals surface area contributed by atoms with Crippen molar-refractivity contribution in [1.82, 2.24) is 25.6 Å². The Labute approximate surface area is 144 Å². The van der Waals surface area contributed by atoms with E-state index in [1.54, 1.807) is 16.0 Å². The van der Waals surface area contributed by atoms with Gasteiger partial charge >= 0.3 is 0 Å². The van der Waals surface area contributed by atoms with Crippen molar-refractivity contribution in [2.75, 3.05) is 6.54 Å². The molecule has 2 N–H and O–H groups in total. The Morgan fingerprint density at radius 1 is 1.54 bits per heavy atom. The van der Waals surface area contributed by atoms with Gasteiger partial charge in [-0.3, -0.25) is 9.59 Å². The van der Waals surface area contributed by atoms with Crippen molar-refractivity contribution in [1.29, 1.82) is 0 Å². The topological polar surface area (TPSA) is 88.9 Å². The van der Waals surface area contributed by atoms with E-state index in [-0.39, 0.29) is 29.2 Å². The summed E-state index contributed by atoms with van der Waals surface area (Å²) in [6, 6.07) is 4.04. The maximum atomic E-state index is 12.3. The van der Waals surface area contributed by atoms with Gasteiger partial charge in [0.25, 0.3) is 11.8 Å². The van der Waals surface area contributed by atoms with Crippen LogP contribution in [0.3, 0.4) is 0 Å². The van der Waals surface area contributed by atoms with Gasteiger partial charge in [-0.25, -0.2) is 4.68 Å². The fourth-order valence-electron chi connectivity index (χ4n) is 2.87. The highest BCUT2D eigenvalue weighted by atomic mass is 32.1. The second kappa shape index (κ2) is 7.12. The van der Waals surface area contributed by atoms with Crippen LogP contribution in [0.4, 0.5) is 0 Å². The Balaban J connectivity index is 1.64. The monoisotopic (exact) mass is 347 g/mol. The SMILES string of the molecule is CC(C)CC1Cn2nnc(C(=O)NCCc3cccs3)c2C(=O)N1. The van der Waals surface area contributed by atoms with Crippen LogP contribution >= 0.6 is 11.3 Å². The first-order valence-electron chi connectivity index (χ1n) is 8.09. The molecule has 1 aliphatic rings. The predicted octanol–water partition coefficient (Wildman–Crippen LogP) is 1.47. The van der Waals surface area contributed by atoms with Gasteiger partial charge in [0.1, 0.15) is 0 Å². The molecular weight excluding hydrogens is 326 g/mol. The van der Waals surface area contributed by atoms with E-state index in [1.165, 1.54) is 4.88 Å². The molecule has 0 fully saturated rings. The zero-order valence-electron chi connectivity index (χ0n) is 13.8. The minimum absolute atomic E-state index is 0.0291. The Hall–Kier alpha value is -2.22. The first kappa shape index (κ1) is 16.6. The van der Waals surface area contributed by atoms with Crippen molar-refractivity contribution in [2.45, 2.75) is 39.3 Å². The van der Waals surface area contributed by atoms with Crippen LogP contribution in [0.1, 0.15) is 46.1 Å². The number of hydrogen-bond acceptors (Lipinski definition) is 5. The molecule has 3 rings (SSSR count). The normalized spacial score (nSPS) is 16.8. The largest absolute Gasteiger partial charge is 0.350 e. The minimum atomic E-state index is -0.356. The molecule has 0 saturated heterocycles. The van der Waals surface area contributed by atoms with Crippen LogP contribution in [0.5, 0.6) is 0 Å². The number of aromatic nitrogens is 3. The van der Waals surface area contributed by atoms with Crippen molar-refractivity contribution in [3.05, 3.63) is 33.8 Å². The van der Waals surface area contributed by atoms with Crippen molar-refractivity contribution in [3.8, 4) is 0 Å². The molecule has 0 radical (unpaired) electrons.